The van der Waals surface area contributed by atoms with Crippen molar-refractivity contribution in [3.8, 4) is 0 Å². The lowest BCUT2D eigenvalue weighted by Crippen LogP contribution is -2.05. The first-order chi connectivity index (χ1) is 6.68. The molecule has 0 aromatic heterocycles. The first kappa shape index (κ1) is 9.91. The molecule has 1 unspecified atom stereocenters. The van der Waals surface area contributed by atoms with Crippen LogP contribution >= 0.6 is 15.9 Å². The molecular formula is C12H13BrO. The topological polar surface area (TPSA) is 17.1 Å². The van der Waals surface area contributed by atoms with Crippen LogP contribution in [0.25, 0.3) is 0 Å². The van der Waals surface area contributed by atoms with Gasteiger partial charge in [-0.05, 0) is 43.0 Å². The van der Waals surface area contributed by atoms with Gasteiger partial charge in [-0.1, -0.05) is 22.0 Å². The summed E-state index contributed by atoms with van der Waals surface area (Å²) in [5.41, 5.74) is 2.44. The molecule has 0 bridgehead atoms. The molecule has 14 heavy (non-hydrogen) atoms. The van der Waals surface area contributed by atoms with E-state index >= 15 is 0 Å². The standard InChI is InChI=1S/C12H13BrO/c1-8-5-6-9(13)7-11(8)10-3-2-4-12(10)14/h5-7,10H,2-4H2,1H3. The number of Topliss-reactive ketones (excluding diaryl/α,β-unsaturated/α-hetero) is 1. The van der Waals surface area contributed by atoms with Crippen molar-refractivity contribution < 1.29 is 4.79 Å². The molecule has 0 spiro atoms. The molecule has 1 aromatic carbocycles. The highest BCUT2D eigenvalue weighted by Crippen LogP contribution is 2.34. The van der Waals surface area contributed by atoms with E-state index in [1.807, 2.05) is 6.07 Å². The van der Waals surface area contributed by atoms with Crippen LogP contribution in [0.2, 0.25) is 0 Å². The smallest absolute Gasteiger partial charge is 0.140 e. The average Bonchev–Trinajstić information content (AvgIpc) is 2.56. The van der Waals surface area contributed by atoms with Gasteiger partial charge in [0, 0.05) is 16.8 Å². The largest absolute Gasteiger partial charge is 0.299 e. The quantitative estimate of drug-likeness (QED) is 0.747. The second-order valence-corrected chi connectivity index (χ2v) is 4.83. The van der Waals surface area contributed by atoms with E-state index in [0.29, 0.717) is 5.78 Å². The van der Waals surface area contributed by atoms with Gasteiger partial charge in [-0.2, -0.15) is 0 Å². The number of rotatable bonds is 1. The minimum Gasteiger partial charge on any atom is -0.299 e. The lowest BCUT2D eigenvalue weighted by molar-refractivity contribution is -0.118. The Morgan fingerprint density at radius 3 is 2.86 bits per heavy atom. The Kier molecular flexibility index (Phi) is 2.73. The van der Waals surface area contributed by atoms with E-state index < -0.39 is 0 Å². The number of hydrogen-bond acceptors (Lipinski definition) is 1. The number of halogens is 1. The van der Waals surface area contributed by atoms with E-state index in [0.717, 1.165) is 23.7 Å². The Morgan fingerprint density at radius 1 is 1.43 bits per heavy atom. The van der Waals surface area contributed by atoms with Crippen molar-refractivity contribution in [1.82, 2.24) is 0 Å². The van der Waals surface area contributed by atoms with Crippen LogP contribution in [0, 0.1) is 6.92 Å². The van der Waals surface area contributed by atoms with E-state index in [-0.39, 0.29) is 5.92 Å². The van der Waals surface area contributed by atoms with Crippen LogP contribution in [-0.4, -0.2) is 5.78 Å². The van der Waals surface area contributed by atoms with E-state index in [4.69, 9.17) is 0 Å². The predicted molar refractivity (Wildman–Crippen MR) is 60.5 cm³/mol. The molecule has 0 aliphatic heterocycles. The second kappa shape index (κ2) is 3.85. The molecular weight excluding hydrogens is 240 g/mol. The molecule has 1 aliphatic carbocycles. The molecule has 74 valence electrons. The van der Waals surface area contributed by atoms with E-state index in [9.17, 15) is 4.79 Å². The molecule has 0 amide bonds. The van der Waals surface area contributed by atoms with E-state index in [1.54, 1.807) is 0 Å². The zero-order valence-corrected chi connectivity index (χ0v) is 9.80. The third-order valence-electron chi connectivity index (χ3n) is 2.92. The van der Waals surface area contributed by atoms with Gasteiger partial charge < -0.3 is 0 Å². The number of aryl methyl sites for hydroxylation is 1. The summed E-state index contributed by atoms with van der Waals surface area (Å²) in [6.07, 6.45) is 2.84. The summed E-state index contributed by atoms with van der Waals surface area (Å²) >= 11 is 3.45. The van der Waals surface area contributed by atoms with Gasteiger partial charge in [0.25, 0.3) is 0 Å². The van der Waals surface area contributed by atoms with Gasteiger partial charge >= 0.3 is 0 Å². The number of carbonyl (C=O) groups is 1. The number of ketones is 1. The van der Waals surface area contributed by atoms with Gasteiger partial charge in [-0.3, -0.25) is 4.79 Å². The molecule has 1 atom stereocenters. The van der Waals surface area contributed by atoms with E-state index in [1.165, 1.54) is 11.1 Å². The molecule has 1 aromatic rings. The zero-order chi connectivity index (χ0) is 10.1. The lowest BCUT2D eigenvalue weighted by atomic mass is 9.93. The average molecular weight is 253 g/mol. The number of carbonyl (C=O) groups excluding carboxylic acids is 1. The van der Waals surface area contributed by atoms with Crippen LogP contribution in [0.15, 0.2) is 22.7 Å². The SMILES string of the molecule is Cc1ccc(Br)cc1C1CCCC1=O. The molecule has 1 saturated carbocycles. The molecule has 1 aliphatic rings. The van der Waals surface area contributed by atoms with Gasteiger partial charge in [0.2, 0.25) is 0 Å². The summed E-state index contributed by atoms with van der Waals surface area (Å²) in [6, 6.07) is 6.19. The van der Waals surface area contributed by atoms with Gasteiger partial charge in [0.05, 0.1) is 0 Å². The number of benzene rings is 1. The highest BCUT2D eigenvalue weighted by molar-refractivity contribution is 9.10. The van der Waals surface area contributed by atoms with Crippen molar-refractivity contribution in [2.24, 2.45) is 0 Å². The molecule has 2 heteroatoms. The fourth-order valence-corrected chi connectivity index (χ4v) is 2.51. The summed E-state index contributed by atoms with van der Waals surface area (Å²) in [5, 5.41) is 0. The molecule has 0 N–H and O–H groups in total. The maximum atomic E-state index is 11.6. The minimum absolute atomic E-state index is 0.160. The summed E-state index contributed by atoms with van der Waals surface area (Å²) in [7, 11) is 0. The van der Waals surface area contributed by atoms with Gasteiger partial charge in [-0.25, -0.2) is 0 Å². The van der Waals surface area contributed by atoms with Crippen molar-refractivity contribution in [3.05, 3.63) is 33.8 Å². The highest BCUT2D eigenvalue weighted by Gasteiger charge is 2.26. The van der Waals surface area contributed by atoms with Crippen molar-refractivity contribution in [2.75, 3.05) is 0 Å². The van der Waals surface area contributed by atoms with Gasteiger partial charge in [0.1, 0.15) is 5.78 Å². The Labute approximate surface area is 92.6 Å². The Bertz CT molecular complexity index is 371. The molecule has 0 heterocycles. The fourth-order valence-electron chi connectivity index (χ4n) is 2.13. The first-order valence-electron chi connectivity index (χ1n) is 4.97. The first-order valence-corrected chi connectivity index (χ1v) is 5.76. The molecule has 1 nitrogen and oxygen atoms in total. The fraction of sp³-hybridized carbons (Fsp3) is 0.417. The zero-order valence-electron chi connectivity index (χ0n) is 8.22. The maximum absolute atomic E-state index is 11.6. The summed E-state index contributed by atoms with van der Waals surface area (Å²) in [5.74, 6) is 0.568. The van der Waals surface area contributed by atoms with Crippen LogP contribution in [-0.2, 0) is 4.79 Å². The van der Waals surface area contributed by atoms with Crippen LogP contribution < -0.4 is 0 Å². The van der Waals surface area contributed by atoms with Crippen LogP contribution in [0.5, 0.6) is 0 Å². The van der Waals surface area contributed by atoms with Crippen LogP contribution in [0.1, 0.15) is 36.3 Å². The molecule has 0 radical (unpaired) electrons. The summed E-state index contributed by atoms with van der Waals surface area (Å²) in [6.45, 7) is 2.08. The summed E-state index contributed by atoms with van der Waals surface area (Å²) < 4.78 is 1.07. The van der Waals surface area contributed by atoms with Gasteiger partial charge in [0.15, 0.2) is 0 Å². The number of hydrogen-bond donors (Lipinski definition) is 0. The monoisotopic (exact) mass is 252 g/mol. The second-order valence-electron chi connectivity index (χ2n) is 3.91. The van der Waals surface area contributed by atoms with Crippen molar-refractivity contribution in [3.63, 3.8) is 0 Å². The van der Waals surface area contributed by atoms with Crippen LogP contribution in [0.3, 0.4) is 0 Å². The Hall–Kier alpha value is -0.630. The van der Waals surface area contributed by atoms with Crippen molar-refractivity contribution in [2.45, 2.75) is 32.1 Å². The highest BCUT2D eigenvalue weighted by atomic mass is 79.9. The molecule has 0 saturated heterocycles. The normalized spacial score (nSPS) is 21.6. The minimum atomic E-state index is 0.160. The van der Waals surface area contributed by atoms with Crippen LogP contribution in [0.4, 0.5) is 0 Å². The predicted octanol–water partition coefficient (Wildman–Crippen LogP) is 3.59. The van der Waals surface area contributed by atoms with E-state index in [2.05, 4.69) is 35.0 Å². The molecule has 2 rings (SSSR count). The van der Waals surface area contributed by atoms with Crippen molar-refractivity contribution in [1.29, 1.82) is 0 Å². The third-order valence-corrected chi connectivity index (χ3v) is 3.41. The van der Waals surface area contributed by atoms with Crippen molar-refractivity contribution >= 4 is 21.7 Å². The summed E-state index contributed by atoms with van der Waals surface area (Å²) in [4.78, 5) is 11.6. The Morgan fingerprint density at radius 2 is 2.21 bits per heavy atom. The maximum Gasteiger partial charge on any atom is 0.140 e. The molecule has 1 fully saturated rings. The van der Waals surface area contributed by atoms with Gasteiger partial charge in [-0.15, -0.1) is 0 Å². The lowest BCUT2D eigenvalue weighted by Gasteiger charge is -2.12. The Balaban J connectivity index is 2.39. The third kappa shape index (κ3) is 1.76.